The fourth-order valence-electron chi connectivity index (χ4n) is 3.58. The summed E-state index contributed by atoms with van der Waals surface area (Å²) in [5.74, 6) is -0.356. The zero-order chi connectivity index (χ0) is 24.2. The van der Waals surface area contributed by atoms with Crippen LogP contribution in [0.25, 0.3) is 0 Å². The van der Waals surface area contributed by atoms with Crippen molar-refractivity contribution in [2.45, 2.75) is 131 Å². The lowest BCUT2D eigenvalue weighted by Gasteiger charge is -2.28. The van der Waals surface area contributed by atoms with Gasteiger partial charge >= 0.3 is 11.9 Å². The van der Waals surface area contributed by atoms with Crippen LogP contribution >= 0.6 is 0 Å². The molecule has 0 spiro atoms. The zero-order valence-electron chi connectivity index (χ0n) is 22.0. The van der Waals surface area contributed by atoms with Crippen LogP contribution in [0.5, 0.6) is 0 Å². The maximum absolute atomic E-state index is 12.2. The van der Waals surface area contributed by atoms with Gasteiger partial charge in [-0.2, -0.15) is 0 Å². The van der Waals surface area contributed by atoms with E-state index >= 15 is 0 Å². The molecule has 32 heavy (non-hydrogen) atoms. The van der Waals surface area contributed by atoms with Gasteiger partial charge in [-0.05, 0) is 52.4 Å². The lowest BCUT2D eigenvalue weighted by atomic mass is 10.2. The van der Waals surface area contributed by atoms with Gasteiger partial charge < -0.3 is 9.47 Å². The summed E-state index contributed by atoms with van der Waals surface area (Å²) in [5, 5.41) is 0. The molecule has 0 aromatic carbocycles. The number of carbonyl (C=O) groups excluding carboxylic acids is 2. The topological polar surface area (TPSA) is 59.1 Å². The molecule has 0 saturated heterocycles. The molecule has 0 bridgehead atoms. The van der Waals surface area contributed by atoms with Crippen molar-refractivity contribution in [3.8, 4) is 0 Å². The second-order valence-corrected chi connectivity index (χ2v) is 8.87. The third-order valence-electron chi connectivity index (χ3n) is 5.84. The summed E-state index contributed by atoms with van der Waals surface area (Å²) in [6.07, 6.45) is 10.6. The van der Waals surface area contributed by atoms with Crippen molar-refractivity contribution < 1.29 is 19.1 Å². The normalized spacial score (nSPS) is 13.4. The second kappa shape index (κ2) is 20.5. The van der Waals surface area contributed by atoms with Crippen LogP contribution in [0.3, 0.4) is 0 Å². The van der Waals surface area contributed by atoms with E-state index in [9.17, 15) is 9.59 Å². The predicted molar refractivity (Wildman–Crippen MR) is 132 cm³/mol. The average molecular weight is 457 g/mol. The first-order valence-electron chi connectivity index (χ1n) is 13.3. The molecule has 0 aliphatic rings. The van der Waals surface area contributed by atoms with Crippen molar-refractivity contribution in [1.29, 1.82) is 0 Å². The van der Waals surface area contributed by atoms with Gasteiger partial charge in [0.1, 0.15) is 0 Å². The molecule has 0 aromatic rings. The number of esters is 2. The highest BCUT2D eigenvalue weighted by Crippen LogP contribution is 2.11. The maximum Gasteiger partial charge on any atom is 0.307 e. The summed E-state index contributed by atoms with van der Waals surface area (Å²) in [7, 11) is 0. The maximum atomic E-state index is 12.2. The summed E-state index contributed by atoms with van der Waals surface area (Å²) in [6, 6.07) is 0. The van der Waals surface area contributed by atoms with E-state index in [1.165, 1.54) is 0 Å². The van der Waals surface area contributed by atoms with Crippen molar-refractivity contribution in [2.24, 2.45) is 0 Å². The highest BCUT2D eigenvalue weighted by Gasteiger charge is 2.19. The molecule has 6 nitrogen and oxygen atoms in total. The first kappa shape index (κ1) is 30.9. The molecule has 0 heterocycles. The first-order valence-corrected chi connectivity index (χ1v) is 13.3. The molecular weight excluding hydrogens is 404 g/mol. The van der Waals surface area contributed by atoms with E-state index in [1.54, 1.807) is 0 Å². The lowest BCUT2D eigenvalue weighted by molar-refractivity contribution is -0.160. The molecule has 0 aliphatic carbocycles. The van der Waals surface area contributed by atoms with Crippen LogP contribution in [0.4, 0.5) is 0 Å². The third kappa shape index (κ3) is 15.6. The summed E-state index contributed by atoms with van der Waals surface area (Å²) in [6.45, 7) is 16.5. The number of carbonyl (C=O) groups is 2. The van der Waals surface area contributed by atoms with Crippen LogP contribution < -0.4 is 0 Å². The van der Waals surface area contributed by atoms with Crippen molar-refractivity contribution in [1.82, 2.24) is 9.80 Å². The Kier molecular flexibility index (Phi) is 19.7. The molecule has 2 unspecified atom stereocenters. The molecule has 0 aromatic heterocycles. The molecule has 0 amide bonds. The quantitative estimate of drug-likeness (QED) is 0.118. The summed E-state index contributed by atoms with van der Waals surface area (Å²) in [5.41, 5.74) is 0. The summed E-state index contributed by atoms with van der Waals surface area (Å²) in [4.78, 5) is 29.0. The van der Waals surface area contributed by atoms with Gasteiger partial charge in [-0.3, -0.25) is 19.4 Å². The fraction of sp³-hybridized carbons (Fsp3) is 0.923. The van der Waals surface area contributed by atoms with Gasteiger partial charge in [0.2, 0.25) is 0 Å². The molecule has 0 fully saturated rings. The highest BCUT2D eigenvalue weighted by molar-refractivity contribution is 5.70. The fourth-order valence-corrected chi connectivity index (χ4v) is 3.58. The number of hydrogen-bond acceptors (Lipinski definition) is 6. The van der Waals surface area contributed by atoms with Gasteiger partial charge in [0, 0.05) is 39.0 Å². The van der Waals surface area contributed by atoms with Crippen LogP contribution in [0.15, 0.2) is 0 Å². The Hall–Kier alpha value is -1.14. The Morgan fingerprint density at radius 1 is 0.562 bits per heavy atom. The van der Waals surface area contributed by atoms with Crippen molar-refractivity contribution in [3.63, 3.8) is 0 Å². The third-order valence-corrected chi connectivity index (χ3v) is 5.84. The van der Waals surface area contributed by atoms with Crippen LogP contribution in [-0.4, -0.2) is 60.4 Å². The molecule has 6 heteroatoms. The molecule has 0 saturated carbocycles. The van der Waals surface area contributed by atoms with Crippen LogP contribution in [-0.2, 0) is 19.1 Å². The molecule has 0 radical (unpaired) electrons. The number of rotatable bonds is 21. The van der Waals surface area contributed by atoms with E-state index in [1.807, 2.05) is 13.8 Å². The number of unbranched alkanes of at least 4 members (excludes halogenated alkanes) is 5. The lowest BCUT2D eigenvalue weighted by Crippen LogP contribution is -2.38. The minimum Gasteiger partial charge on any atom is -0.447 e. The standard InChI is InChI=1S/C26H52N2O4/c1-7-11-19-27(20-12-8-2)23(5)31-25(29)17-15-16-18-26(30)32-24(6)28(21-13-9-3)22-14-10-4/h23-24H,7-22H2,1-6H3. The van der Waals surface area contributed by atoms with Gasteiger partial charge in [-0.15, -0.1) is 0 Å². The van der Waals surface area contributed by atoms with E-state index in [2.05, 4.69) is 37.5 Å². The molecule has 0 rings (SSSR count). The zero-order valence-corrected chi connectivity index (χ0v) is 22.0. The Balaban J connectivity index is 4.24. The number of hydrogen-bond donors (Lipinski definition) is 0. The predicted octanol–water partition coefficient (Wildman–Crippen LogP) is 6.13. The van der Waals surface area contributed by atoms with E-state index < -0.39 is 0 Å². The van der Waals surface area contributed by atoms with Crippen molar-refractivity contribution in [2.75, 3.05) is 26.2 Å². The van der Waals surface area contributed by atoms with Gasteiger partial charge in [-0.25, -0.2) is 0 Å². The SMILES string of the molecule is CCCCN(CCCC)C(C)OC(=O)CCCCC(=O)OC(C)N(CCCC)CCCC. The van der Waals surface area contributed by atoms with Crippen LogP contribution in [0, 0.1) is 0 Å². The Bertz CT molecular complexity index is 415. The molecular formula is C26H52N2O4. The molecule has 2 atom stereocenters. The van der Waals surface area contributed by atoms with E-state index in [0.717, 1.165) is 77.5 Å². The smallest absolute Gasteiger partial charge is 0.307 e. The average Bonchev–Trinajstić information content (AvgIpc) is 2.76. The molecule has 190 valence electrons. The Labute approximate surface area is 198 Å². The minimum atomic E-state index is -0.191. The minimum absolute atomic E-state index is 0.178. The van der Waals surface area contributed by atoms with E-state index in [-0.39, 0.29) is 24.4 Å². The molecule has 0 N–H and O–H groups in total. The Morgan fingerprint density at radius 3 is 1.09 bits per heavy atom. The highest BCUT2D eigenvalue weighted by atomic mass is 16.6. The van der Waals surface area contributed by atoms with Crippen molar-refractivity contribution >= 4 is 11.9 Å². The monoisotopic (exact) mass is 456 g/mol. The van der Waals surface area contributed by atoms with Gasteiger partial charge in [0.15, 0.2) is 12.5 Å². The van der Waals surface area contributed by atoms with Gasteiger partial charge in [0.25, 0.3) is 0 Å². The van der Waals surface area contributed by atoms with E-state index in [4.69, 9.17) is 9.47 Å². The number of nitrogens with zero attached hydrogens (tertiary/aromatic N) is 2. The Morgan fingerprint density at radius 2 is 0.844 bits per heavy atom. The summed E-state index contributed by atoms with van der Waals surface area (Å²) < 4.78 is 11.3. The number of ether oxygens (including phenoxy) is 2. The largest absolute Gasteiger partial charge is 0.447 e. The van der Waals surface area contributed by atoms with Crippen LogP contribution in [0.1, 0.15) is 119 Å². The first-order chi connectivity index (χ1) is 15.4. The second-order valence-electron chi connectivity index (χ2n) is 8.87. The summed E-state index contributed by atoms with van der Waals surface area (Å²) >= 11 is 0. The molecule has 0 aliphatic heterocycles. The van der Waals surface area contributed by atoms with E-state index in [0.29, 0.717) is 25.7 Å². The van der Waals surface area contributed by atoms with Gasteiger partial charge in [-0.1, -0.05) is 53.4 Å². The van der Waals surface area contributed by atoms with Crippen molar-refractivity contribution in [3.05, 3.63) is 0 Å². The van der Waals surface area contributed by atoms with Gasteiger partial charge in [0.05, 0.1) is 0 Å². The van der Waals surface area contributed by atoms with Crippen LogP contribution in [0.2, 0.25) is 0 Å².